The van der Waals surface area contributed by atoms with Crippen LogP contribution < -0.4 is 5.63 Å². The molecule has 1 heterocycles. The van der Waals surface area contributed by atoms with Gasteiger partial charge in [-0.2, -0.15) is 0 Å². The van der Waals surface area contributed by atoms with Crippen LogP contribution in [0.15, 0.2) is 64.3 Å². The second kappa shape index (κ2) is 7.67. The summed E-state index contributed by atoms with van der Waals surface area (Å²) < 4.78 is 19.5. The Morgan fingerprint density at radius 2 is 1.85 bits per heavy atom. The standard InChI is InChI=1S/C22H22FNO2/c1-4-11-24(13-17-7-5-6-8-20(17)23)14-18-12-21(25)26-22-16(3)15(2)9-10-19(18)22/h4-10,12H,1,11,13-14H2,2-3H3. The molecule has 2 aromatic carbocycles. The van der Waals surface area contributed by atoms with E-state index in [4.69, 9.17) is 4.42 Å². The van der Waals surface area contributed by atoms with Crippen molar-refractivity contribution in [1.29, 1.82) is 0 Å². The van der Waals surface area contributed by atoms with Gasteiger partial charge in [-0.1, -0.05) is 36.4 Å². The van der Waals surface area contributed by atoms with Gasteiger partial charge in [0.05, 0.1) is 0 Å². The van der Waals surface area contributed by atoms with E-state index in [2.05, 4.69) is 11.5 Å². The second-order valence-electron chi connectivity index (χ2n) is 6.52. The van der Waals surface area contributed by atoms with Crippen LogP contribution in [0.3, 0.4) is 0 Å². The van der Waals surface area contributed by atoms with Crippen molar-refractivity contribution in [1.82, 2.24) is 4.90 Å². The SMILES string of the molecule is C=CCN(Cc1ccccc1F)Cc1cc(=O)oc2c(C)c(C)ccc12. The monoisotopic (exact) mass is 351 g/mol. The zero-order valence-corrected chi connectivity index (χ0v) is 15.1. The summed E-state index contributed by atoms with van der Waals surface area (Å²) >= 11 is 0. The lowest BCUT2D eigenvalue weighted by atomic mass is 10.0. The molecule has 3 rings (SSSR count). The van der Waals surface area contributed by atoms with Gasteiger partial charge in [0.25, 0.3) is 0 Å². The first-order chi connectivity index (χ1) is 12.5. The van der Waals surface area contributed by atoms with Crippen LogP contribution in [0.5, 0.6) is 0 Å². The normalized spacial score (nSPS) is 11.2. The summed E-state index contributed by atoms with van der Waals surface area (Å²) in [6.07, 6.45) is 1.78. The van der Waals surface area contributed by atoms with Crippen LogP contribution >= 0.6 is 0 Å². The smallest absolute Gasteiger partial charge is 0.336 e. The predicted molar refractivity (Wildman–Crippen MR) is 103 cm³/mol. The van der Waals surface area contributed by atoms with Crippen molar-refractivity contribution in [3.63, 3.8) is 0 Å². The summed E-state index contributed by atoms with van der Waals surface area (Å²) in [4.78, 5) is 14.1. The summed E-state index contributed by atoms with van der Waals surface area (Å²) in [5.41, 5.74) is 3.78. The van der Waals surface area contributed by atoms with Gasteiger partial charge in [-0.15, -0.1) is 6.58 Å². The van der Waals surface area contributed by atoms with Crippen LogP contribution in [0.2, 0.25) is 0 Å². The molecule has 3 aromatic rings. The first-order valence-corrected chi connectivity index (χ1v) is 8.59. The van der Waals surface area contributed by atoms with Crippen LogP contribution in [-0.2, 0) is 13.1 Å². The van der Waals surface area contributed by atoms with Crippen molar-refractivity contribution in [3.05, 3.63) is 93.6 Å². The summed E-state index contributed by atoms with van der Waals surface area (Å²) in [5.74, 6) is -0.231. The maximum absolute atomic E-state index is 14.0. The minimum absolute atomic E-state index is 0.231. The van der Waals surface area contributed by atoms with Crippen molar-refractivity contribution >= 4 is 11.0 Å². The molecule has 0 aliphatic heterocycles. The number of hydrogen-bond donors (Lipinski definition) is 0. The molecule has 0 unspecified atom stereocenters. The third-order valence-electron chi connectivity index (χ3n) is 4.65. The average Bonchev–Trinajstić information content (AvgIpc) is 2.60. The third-order valence-corrected chi connectivity index (χ3v) is 4.65. The quantitative estimate of drug-likeness (QED) is 0.475. The molecular formula is C22H22FNO2. The van der Waals surface area contributed by atoms with Gasteiger partial charge < -0.3 is 4.42 Å². The lowest BCUT2D eigenvalue weighted by Gasteiger charge is -2.22. The molecule has 0 bridgehead atoms. The lowest BCUT2D eigenvalue weighted by Crippen LogP contribution is -2.24. The summed E-state index contributed by atoms with van der Waals surface area (Å²) in [6.45, 7) is 9.26. The Morgan fingerprint density at radius 1 is 1.12 bits per heavy atom. The maximum atomic E-state index is 14.0. The predicted octanol–water partition coefficient (Wildman–Crippen LogP) is 4.74. The van der Waals surface area contributed by atoms with Gasteiger partial charge in [0, 0.05) is 36.7 Å². The van der Waals surface area contributed by atoms with Gasteiger partial charge in [0.15, 0.2) is 0 Å². The van der Waals surface area contributed by atoms with E-state index in [0.29, 0.717) is 30.8 Å². The topological polar surface area (TPSA) is 33.5 Å². The van der Waals surface area contributed by atoms with Crippen LogP contribution in [0.1, 0.15) is 22.3 Å². The molecule has 26 heavy (non-hydrogen) atoms. The highest BCUT2D eigenvalue weighted by molar-refractivity contribution is 5.83. The molecule has 0 amide bonds. The largest absolute Gasteiger partial charge is 0.422 e. The number of hydrogen-bond acceptors (Lipinski definition) is 3. The van der Waals surface area contributed by atoms with E-state index in [1.807, 2.05) is 32.0 Å². The molecule has 0 atom stereocenters. The fourth-order valence-electron chi connectivity index (χ4n) is 3.13. The van der Waals surface area contributed by atoms with Crippen LogP contribution in [-0.4, -0.2) is 11.4 Å². The van der Waals surface area contributed by atoms with E-state index >= 15 is 0 Å². The van der Waals surface area contributed by atoms with Crippen LogP contribution in [0.25, 0.3) is 11.0 Å². The van der Waals surface area contributed by atoms with Crippen LogP contribution in [0.4, 0.5) is 4.39 Å². The van der Waals surface area contributed by atoms with Crippen molar-refractivity contribution in [2.45, 2.75) is 26.9 Å². The first kappa shape index (κ1) is 18.1. The minimum Gasteiger partial charge on any atom is -0.422 e. The number of aryl methyl sites for hydroxylation is 2. The Hall–Kier alpha value is -2.72. The number of benzene rings is 2. The van der Waals surface area contributed by atoms with Gasteiger partial charge in [0.1, 0.15) is 11.4 Å². The first-order valence-electron chi connectivity index (χ1n) is 8.59. The molecular weight excluding hydrogens is 329 g/mol. The molecule has 1 aromatic heterocycles. The summed E-state index contributed by atoms with van der Waals surface area (Å²) in [6, 6.07) is 12.3. The van der Waals surface area contributed by atoms with E-state index in [1.54, 1.807) is 18.2 Å². The van der Waals surface area contributed by atoms with Crippen molar-refractivity contribution in [2.24, 2.45) is 0 Å². The Balaban J connectivity index is 1.99. The number of fused-ring (bicyclic) bond motifs is 1. The Kier molecular flexibility index (Phi) is 5.33. The highest BCUT2D eigenvalue weighted by atomic mass is 19.1. The molecule has 0 radical (unpaired) electrons. The Morgan fingerprint density at radius 3 is 2.58 bits per heavy atom. The zero-order valence-electron chi connectivity index (χ0n) is 15.1. The van der Waals surface area contributed by atoms with Crippen molar-refractivity contribution < 1.29 is 8.81 Å². The van der Waals surface area contributed by atoms with Gasteiger partial charge in [0.2, 0.25) is 0 Å². The van der Waals surface area contributed by atoms with Gasteiger partial charge in [-0.3, -0.25) is 4.90 Å². The Bertz CT molecular complexity index is 1010. The van der Waals surface area contributed by atoms with E-state index in [0.717, 1.165) is 22.1 Å². The van der Waals surface area contributed by atoms with E-state index in [9.17, 15) is 9.18 Å². The summed E-state index contributed by atoms with van der Waals surface area (Å²) in [5, 5.41) is 0.912. The molecule has 0 spiro atoms. The maximum Gasteiger partial charge on any atom is 0.336 e. The summed E-state index contributed by atoms with van der Waals surface area (Å²) in [7, 11) is 0. The zero-order chi connectivity index (χ0) is 18.7. The minimum atomic E-state index is -0.370. The van der Waals surface area contributed by atoms with Crippen molar-refractivity contribution in [2.75, 3.05) is 6.54 Å². The van der Waals surface area contributed by atoms with E-state index in [-0.39, 0.29) is 11.4 Å². The van der Waals surface area contributed by atoms with Gasteiger partial charge >= 0.3 is 5.63 Å². The number of nitrogens with zero attached hydrogens (tertiary/aromatic N) is 1. The van der Waals surface area contributed by atoms with Crippen molar-refractivity contribution in [3.8, 4) is 0 Å². The molecule has 0 aliphatic rings. The number of halogens is 1. The second-order valence-corrected chi connectivity index (χ2v) is 6.52. The molecule has 4 heteroatoms. The molecule has 0 saturated heterocycles. The highest BCUT2D eigenvalue weighted by Crippen LogP contribution is 2.24. The van der Waals surface area contributed by atoms with E-state index < -0.39 is 0 Å². The molecule has 0 fully saturated rings. The van der Waals surface area contributed by atoms with E-state index in [1.165, 1.54) is 12.1 Å². The molecule has 0 N–H and O–H groups in total. The average molecular weight is 351 g/mol. The molecule has 0 aliphatic carbocycles. The lowest BCUT2D eigenvalue weighted by molar-refractivity contribution is 0.282. The highest BCUT2D eigenvalue weighted by Gasteiger charge is 2.14. The van der Waals surface area contributed by atoms with Crippen LogP contribution in [0, 0.1) is 19.7 Å². The molecule has 134 valence electrons. The van der Waals surface area contributed by atoms with Gasteiger partial charge in [-0.05, 0) is 36.6 Å². The fraction of sp³-hybridized carbons (Fsp3) is 0.227. The fourth-order valence-corrected chi connectivity index (χ4v) is 3.13. The molecule has 0 saturated carbocycles. The Labute approximate surface area is 152 Å². The molecule has 3 nitrogen and oxygen atoms in total. The van der Waals surface area contributed by atoms with Gasteiger partial charge in [-0.25, -0.2) is 9.18 Å². The third kappa shape index (κ3) is 3.75. The number of rotatable bonds is 6.